The summed E-state index contributed by atoms with van der Waals surface area (Å²) in [5.74, 6) is 0.146. The first kappa shape index (κ1) is 20.1. The molecule has 5 atom stereocenters. The zero-order valence-corrected chi connectivity index (χ0v) is 17.7. The normalized spacial score (nSPS) is 38.1. The minimum absolute atomic E-state index is 0.0328. The molecule has 0 aliphatic heterocycles. The van der Waals surface area contributed by atoms with Crippen LogP contribution < -0.4 is 11.1 Å². The molecule has 1 heterocycles. The number of thiazole rings is 1. The van der Waals surface area contributed by atoms with Gasteiger partial charge >= 0.3 is 0 Å². The van der Waals surface area contributed by atoms with Crippen LogP contribution in [0.2, 0.25) is 0 Å². The molecule has 6 nitrogen and oxygen atoms in total. The molecule has 0 spiro atoms. The fraction of sp³-hybridized carbons (Fsp3) is 0.810. The van der Waals surface area contributed by atoms with Gasteiger partial charge in [-0.2, -0.15) is 0 Å². The summed E-state index contributed by atoms with van der Waals surface area (Å²) in [5.41, 5.74) is 6.25. The summed E-state index contributed by atoms with van der Waals surface area (Å²) in [7, 11) is 0. The number of anilines is 1. The van der Waals surface area contributed by atoms with Crippen molar-refractivity contribution in [2.24, 2.45) is 16.7 Å². The Morgan fingerprint density at radius 2 is 2.04 bits per heavy atom. The summed E-state index contributed by atoms with van der Waals surface area (Å²) in [5, 5.41) is 24.7. The van der Waals surface area contributed by atoms with Crippen LogP contribution in [0.15, 0.2) is 0 Å². The van der Waals surface area contributed by atoms with Gasteiger partial charge in [-0.25, -0.2) is 4.98 Å². The summed E-state index contributed by atoms with van der Waals surface area (Å²) in [4.78, 5) is 18.7. The van der Waals surface area contributed by atoms with Crippen molar-refractivity contribution in [1.82, 2.24) is 10.3 Å². The Kier molecular flexibility index (Phi) is 5.21. The zero-order valence-electron chi connectivity index (χ0n) is 16.9. The molecule has 4 rings (SSSR count). The van der Waals surface area contributed by atoms with Crippen molar-refractivity contribution in [3.05, 3.63) is 10.6 Å². The van der Waals surface area contributed by atoms with Gasteiger partial charge < -0.3 is 21.3 Å². The average molecular weight is 408 g/mol. The maximum absolute atomic E-state index is 12.9. The highest BCUT2D eigenvalue weighted by Gasteiger charge is 2.59. The van der Waals surface area contributed by atoms with E-state index in [0.29, 0.717) is 24.0 Å². The lowest BCUT2D eigenvalue weighted by Crippen LogP contribution is -2.57. The van der Waals surface area contributed by atoms with Crippen LogP contribution in [-0.4, -0.2) is 39.9 Å². The maximum atomic E-state index is 12.9. The van der Waals surface area contributed by atoms with Gasteiger partial charge in [-0.1, -0.05) is 26.7 Å². The quantitative estimate of drug-likeness (QED) is 0.613. The highest BCUT2D eigenvalue weighted by molar-refractivity contribution is 7.15. The Bertz CT molecular complexity index is 747. The lowest BCUT2D eigenvalue weighted by atomic mass is 9.47. The van der Waals surface area contributed by atoms with Gasteiger partial charge in [-0.3, -0.25) is 4.79 Å². The number of amides is 1. The number of carbonyl (C=O) groups excluding carboxylic acids is 1. The van der Waals surface area contributed by atoms with Gasteiger partial charge in [0.1, 0.15) is 0 Å². The predicted molar refractivity (Wildman–Crippen MR) is 110 cm³/mol. The molecule has 0 radical (unpaired) electrons. The minimum Gasteiger partial charge on any atom is -0.396 e. The summed E-state index contributed by atoms with van der Waals surface area (Å²) >= 11 is 1.49. The van der Waals surface area contributed by atoms with Crippen LogP contribution in [0.5, 0.6) is 0 Å². The summed E-state index contributed by atoms with van der Waals surface area (Å²) in [6.45, 7) is 4.16. The van der Waals surface area contributed by atoms with Crippen LogP contribution in [0.4, 0.5) is 5.13 Å². The Balaban J connectivity index is 1.67. The number of hydrogen-bond donors (Lipinski definition) is 4. The highest BCUT2D eigenvalue weighted by atomic mass is 32.1. The van der Waals surface area contributed by atoms with E-state index in [-0.39, 0.29) is 29.8 Å². The van der Waals surface area contributed by atoms with E-state index in [0.717, 1.165) is 36.3 Å². The minimum atomic E-state index is -0.580. The fourth-order valence-corrected chi connectivity index (χ4v) is 7.15. The number of hydrogen-bond acceptors (Lipinski definition) is 6. The number of aromatic nitrogens is 1. The first-order valence-corrected chi connectivity index (χ1v) is 11.4. The van der Waals surface area contributed by atoms with Crippen LogP contribution in [0.1, 0.15) is 75.3 Å². The molecule has 1 amide bonds. The van der Waals surface area contributed by atoms with E-state index < -0.39 is 11.5 Å². The van der Waals surface area contributed by atoms with Crippen molar-refractivity contribution in [3.63, 3.8) is 0 Å². The molecule has 0 bridgehead atoms. The number of aliphatic hydroxyl groups is 2. The molecule has 1 aromatic rings. The van der Waals surface area contributed by atoms with Crippen LogP contribution in [0.3, 0.4) is 0 Å². The number of nitrogens with one attached hydrogen (secondary N) is 1. The first-order valence-electron chi connectivity index (χ1n) is 10.6. The summed E-state index contributed by atoms with van der Waals surface area (Å²) < 4.78 is 0. The van der Waals surface area contributed by atoms with Gasteiger partial charge in [0.2, 0.25) is 5.91 Å². The molecule has 2 fully saturated rings. The lowest BCUT2D eigenvalue weighted by Gasteiger charge is -2.58. The monoisotopic (exact) mass is 407 g/mol. The number of nitrogen functional groups attached to an aromatic ring is 1. The molecular weight excluding hydrogens is 374 g/mol. The Hall–Kier alpha value is -1.18. The smallest absolute Gasteiger partial charge is 0.220 e. The van der Waals surface area contributed by atoms with Crippen molar-refractivity contribution in [3.8, 4) is 0 Å². The number of carbonyl (C=O) groups is 1. The van der Waals surface area contributed by atoms with E-state index in [9.17, 15) is 15.0 Å². The standard InChI is InChI=1S/C21H33N3O3S/c1-20-8-7-16(26)21(2,11-25)15(20)10-14-18(24-19(22)28-14)13(20)9-17(27)23-12-5-3-4-6-12/h12-13,15-16,25-26H,3-11H2,1-2H3,(H2,22,24)(H,23,27). The fourth-order valence-electron chi connectivity index (χ4n) is 6.21. The van der Waals surface area contributed by atoms with Gasteiger partial charge in [-0.15, -0.1) is 11.3 Å². The molecule has 3 aliphatic rings. The highest BCUT2D eigenvalue weighted by Crippen LogP contribution is 2.62. The van der Waals surface area contributed by atoms with E-state index >= 15 is 0 Å². The molecular formula is C21H33N3O3S. The largest absolute Gasteiger partial charge is 0.396 e. The topological polar surface area (TPSA) is 108 Å². The first-order chi connectivity index (χ1) is 13.3. The van der Waals surface area contributed by atoms with E-state index in [2.05, 4.69) is 17.2 Å². The van der Waals surface area contributed by atoms with Gasteiger partial charge in [-0.05, 0) is 43.4 Å². The second-order valence-corrected chi connectivity index (χ2v) is 10.8. The maximum Gasteiger partial charge on any atom is 0.220 e. The van der Waals surface area contributed by atoms with E-state index in [1.165, 1.54) is 24.2 Å². The Labute approximate surface area is 170 Å². The Morgan fingerprint density at radius 3 is 2.71 bits per heavy atom. The van der Waals surface area contributed by atoms with Gasteiger partial charge in [0.05, 0.1) is 18.4 Å². The molecule has 28 heavy (non-hydrogen) atoms. The number of aliphatic hydroxyl groups excluding tert-OH is 2. The van der Waals surface area contributed by atoms with Crippen molar-refractivity contribution in [2.45, 2.75) is 83.3 Å². The molecule has 3 aliphatic carbocycles. The average Bonchev–Trinajstić information content (AvgIpc) is 3.29. The third-order valence-electron chi connectivity index (χ3n) is 8.02. The number of nitrogens with zero attached hydrogens (tertiary/aromatic N) is 1. The summed E-state index contributed by atoms with van der Waals surface area (Å²) in [6, 6.07) is 0.301. The van der Waals surface area contributed by atoms with Crippen molar-refractivity contribution >= 4 is 22.4 Å². The molecule has 5 N–H and O–H groups in total. The zero-order chi connectivity index (χ0) is 20.1. The number of fused-ring (bicyclic) bond motifs is 2. The van der Waals surface area contributed by atoms with Gasteiger partial charge in [0.25, 0.3) is 0 Å². The van der Waals surface area contributed by atoms with Crippen LogP contribution in [0, 0.1) is 16.7 Å². The third-order valence-corrected chi connectivity index (χ3v) is 8.94. The van der Waals surface area contributed by atoms with E-state index in [1.807, 2.05) is 6.92 Å². The van der Waals surface area contributed by atoms with Crippen molar-refractivity contribution < 1.29 is 15.0 Å². The van der Waals surface area contributed by atoms with Crippen molar-refractivity contribution in [1.29, 1.82) is 0 Å². The third kappa shape index (κ3) is 3.15. The Morgan fingerprint density at radius 1 is 1.32 bits per heavy atom. The lowest BCUT2D eigenvalue weighted by molar-refractivity contribution is -0.144. The molecule has 1 aromatic heterocycles. The SMILES string of the molecule is CC1(CO)C(O)CCC2(C)C(CC(=O)NC3CCCC3)c3nc(N)sc3CC12. The number of nitrogens with two attached hydrogens (primary N) is 1. The molecule has 7 heteroatoms. The predicted octanol–water partition coefficient (Wildman–Crippen LogP) is 2.59. The van der Waals surface area contributed by atoms with Crippen LogP contribution in [-0.2, 0) is 11.2 Å². The second kappa shape index (κ2) is 7.26. The molecule has 0 saturated heterocycles. The second-order valence-electron chi connectivity index (χ2n) is 9.65. The van der Waals surface area contributed by atoms with Crippen molar-refractivity contribution in [2.75, 3.05) is 12.3 Å². The van der Waals surface area contributed by atoms with E-state index in [4.69, 9.17) is 5.73 Å². The van der Waals surface area contributed by atoms with Crippen LogP contribution in [0.25, 0.3) is 0 Å². The molecule has 0 aromatic carbocycles. The molecule has 156 valence electrons. The van der Waals surface area contributed by atoms with Gasteiger partial charge in [0.15, 0.2) is 5.13 Å². The van der Waals surface area contributed by atoms with Crippen LogP contribution >= 0.6 is 11.3 Å². The summed E-state index contributed by atoms with van der Waals surface area (Å²) in [6.07, 6.45) is 6.61. The number of rotatable bonds is 4. The molecule has 5 unspecified atom stereocenters. The van der Waals surface area contributed by atoms with Gasteiger partial charge in [0, 0.05) is 28.7 Å². The van der Waals surface area contributed by atoms with E-state index in [1.54, 1.807) is 0 Å². The molecule has 2 saturated carbocycles.